The van der Waals surface area contributed by atoms with Crippen LogP contribution < -0.4 is 14.4 Å². The normalized spacial score (nSPS) is 12.8. The first-order chi connectivity index (χ1) is 14.5. The minimum atomic E-state index is -0.984. The molecule has 0 radical (unpaired) electrons. The first-order valence-corrected chi connectivity index (χ1v) is 10.5. The first-order valence-electron chi connectivity index (χ1n) is 9.71. The van der Waals surface area contributed by atoms with E-state index in [4.69, 9.17) is 9.84 Å². The molecule has 3 rings (SSSR count). The second-order valence-electron chi connectivity index (χ2n) is 6.49. The first kappa shape index (κ1) is 23.6. The highest BCUT2D eigenvalue weighted by molar-refractivity contribution is 8.00. The number of benzene rings is 1. The van der Waals surface area contributed by atoms with Crippen molar-refractivity contribution in [2.75, 3.05) is 37.5 Å². The van der Waals surface area contributed by atoms with E-state index in [0.29, 0.717) is 18.4 Å². The predicted molar refractivity (Wildman–Crippen MR) is 122 cm³/mol. The minimum absolute atomic E-state index is 0.414. The van der Waals surface area contributed by atoms with Crippen molar-refractivity contribution < 1.29 is 19.4 Å². The van der Waals surface area contributed by atoms with Crippen LogP contribution in [0.2, 0.25) is 0 Å². The number of nitrogens with zero attached hydrogens (tertiary/aromatic N) is 2. The molecule has 1 saturated carbocycles. The molecule has 1 aliphatic rings. The van der Waals surface area contributed by atoms with Crippen LogP contribution in [0.3, 0.4) is 0 Å². The van der Waals surface area contributed by atoms with Gasteiger partial charge < -0.3 is 24.2 Å². The number of aromatic nitrogens is 1. The minimum Gasteiger partial charge on any atom is -0.494 e. The Kier molecular flexibility index (Phi) is 9.50. The van der Waals surface area contributed by atoms with Gasteiger partial charge in [0.05, 0.1) is 18.0 Å². The Morgan fingerprint density at radius 3 is 2.63 bits per heavy atom. The summed E-state index contributed by atoms with van der Waals surface area (Å²) in [6, 6.07) is 10.1. The average Bonchev–Trinajstić information content (AvgIpc) is 3.57. The van der Waals surface area contributed by atoms with Crippen LogP contribution in [0.25, 0.3) is 6.08 Å². The Hall–Kier alpha value is -2.71. The van der Waals surface area contributed by atoms with Gasteiger partial charge in [-0.15, -0.1) is 0 Å². The molecular weight excluding hydrogens is 402 g/mol. The summed E-state index contributed by atoms with van der Waals surface area (Å²) in [6.07, 6.45) is 6.74. The Labute approximate surface area is 182 Å². The Balaban J connectivity index is 0.00000101. The standard InChI is InChI=1S/C20H23N3O3S.C2H6O/c1-3-26-16-12-14(7-10-19(24)25)20(21-2)17(13-16)23(15-8-9-15)27-18-6-4-5-11-22-18;1-3-2/h4-7,10-13,15,21H,3,8-9H2,1-2H3,(H,24,25);1-2H3/b10-7+;. The van der Waals surface area contributed by atoms with Crippen LogP contribution in [0.4, 0.5) is 11.4 Å². The highest BCUT2D eigenvalue weighted by Crippen LogP contribution is 2.45. The molecule has 0 unspecified atom stereocenters. The molecule has 162 valence electrons. The SMILES string of the molecule is CCOc1cc(/C=C/C(=O)O)c(NC)c(N(Sc2ccccn2)C2CC2)c1.COC. The van der Waals surface area contributed by atoms with Gasteiger partial charge in [0, 0.05) is 63.2 Å². The Morgan fingerprint density at radius 2 is 2.10 bits per heavy atom. The van der Waals surface area contributed by atoms with Crippen LogP contribution in [-0.2, 0) is 9.53 Å². The molecule has 2 N–H and O–H groups in total. The highest BCUT2D eigenvalue weighted by atomic mass is 32.2. The molecule has 0 amide bonds. The number of carbonyl (C=O) groups is 1. The number of aliphatic carboxylic acids is 1. The fourth-order valence-electron chi connectivity index (χ4n) is 2.74. The summed E-state index contributed by atoms with van der Waals surface area (Å²) in [6.45, 7) is 2.47. The third-order valence-electron chi connectivity index (χ3n) is 4.03. The zero-order valence-electron chi connectivity index (χ0n) is 17.8. The fraction of sp³-hybridized carbons (Fsp3) is 0.364. The molecule has 2 aromatic rings. The second kappa shape index (κ2) is 12.1. The van der Waals surface area contributed by atoms with E-state index in [1.165, 1.54) is 0 Å². The number of hydrogen-bond acceptors (Lipinski definition) is 7. The third kappa shape index (κ3) is 6.96. The Morgan fingerprint density at radius 1 is 1.37 bits per heavy atom. The quantitative estimate of drug-likeness (QED) is 0.442. The topological polar surface area (TPSA) is 83.9 Å². The molecule has 30 heavy (non-hydrogen) atoms. The lowest BCUT2D eigenvalue weighted by Gasteiger charge is -2.27. The number of pyridine rings is 1. The van der Waals surface area contributed by atoms with E-state index in [2.05, 4.69) is 19.3 Å². The van der Waals surface area contributed by atoms with E-state index in [-0.39, 0.29) is 0 Å². The van der Waals surface area contributed by atoms with Crippen LogP contribution in [0, 0.1) is 0 Å². The molecule has 8 heteroatoms. The largest absolute Gasteiger partial charge is 0.494 e. The fourth-order valence-corrected chi connectivity index (χ4v) is 3.79. The zero-order chi connectivity index (χ0) is 21.9. The number of nitrogens with one attached hydrogen (secondary N) is 1. The molecule has 1 fully saturated rings. The molecule has 0 atom stereocenters. The smallest absolute Gasteiger partial charge is 0.328 e. The molecule has 0 saturated heterocycles. The average molecular weight is 432 g/mol. The van der Waals surface area contributed by atoms with Gasteiger partial charge >= 0.3 is 5.97 Å². The molecule has 0 bridgehead atoms. The van der Waals surface area contributed by atoms with Crippen molar-refractivity contribution in [3.8, 4) is 5.75 Å². The van der Waals surface area contributed by atoms with Crippen LogP contribution in [0.1, 0.15) is 25.3 Å². The monoisotopic (exact) mass is 431 g/mol. The second-order valence-corrected chi connectivity index (χ2v) is 7.48. The van der Waals surface area contributed by atoms with Crippen LogP contribution in [0.5, 0.6) is 5.75 Å². The molecule has 1 heterocycles. The summed E-state index contributed by atoms with van der Waals surface area (Å²) in [5.74, 6) is -0.272. The molecule has 0 spiro atoms. The summed E-state index contributed by atoms with van der Waals surface area (Å²) >= 11 is 1.59. The maximum absolute atomic E-state index is 11.0. The molecule has 7 nitrogen and oxygen atoms in total. The van der Waals surface area contributed by atoms with Crippen molar-refractivity contribution in [1.82, 2.24) is 4.98 Å². The van der Waals surface area contributed by atoms with Gasteiger partial charge in [0.2, 0.25) is 0 Å². The molecule has 1 aromatic heterocycles. The number of rotatable bonds is 9. The van der Waals surface area contributed by atoms with Crippen LogP contribution in [0.15, 0.2) is 47.6 Å². The molecule has 1 aromatic carbocycles. The lowest BCUT2D eigenvalue weighted by atomic mass is 10.1. The van der Waals surface area contributed by atoms with Crippen molar-refractivity contribution in [3.05, 3.63) is 48.2 Å². The number of carboxylic acid groups (broad SMARTS) is 1. The van der Waals surface area contributed by atoms with Gasteiger partial charge in [-0.05, 0) is 44.0 Å². The van der Waals surface area contributed by atoms with E-state index in [1.54, 1.807) is 38.4 Å². The van der Waals surface area contributed by atoms with Gasteiger partial charge in [-0.2, -0.15) is 0 Å². The van der Waals surface area contributed by atoms with Crippen molar-refractivity contribution >= 4 is 35.4 Å². The predicted octanol–water partition coefficient (Wildman–Crippen LogP) is 4.56. The van der Waals surface area contributed by atoms with Gasteiger partial charge in [-0.3, -0.25) is 0 Å². The summed E-state index contributed by atoms with van der Waals surface area (Å²) in [5.41, 5.74) is 2.60. The van der Waals surface area contributed by atoms with E-state index in [0.717, 1.165) is 40.9 Å². The molecule has 0 aliphatic heterocycles. The van der Waals surface area contributed by atoms with E-state index < -0.39 is 5.97 Å². The summed E-state index contributed by atoms with van der Waals surface area (Å²) in [4.78, 5) is 15.4. The summed E-state index contributed by atoms with van der Waals surface area (Å²) < 4.78 is 12.2. The highest BCUT2D eigenvalue weighted by Gasteiger charge is 2.32. The number of ether oxygens (including phenoxy) is 2. The number of anilines is 2. The summed E-state index contributed by atoms with van der Waals surface area (Å²) in [5, 5.41) is 13.2. The number of carboxylic acids is 1. The van der Waals surface area contributed by atoms with E-state index in [1.807, 2.05) is 44.3 Å². The van der Waals surface area contributed by atoms with Gasteiger partial charge in [0.1, 0.15) is 10.8 Å². The van der Waals surface area contributed by atoms with E-state index in [9.17, 15) is 4.79 Å². The van der Waals surface area contributed by atoms with Crippen molar-refractivity contribution in [1.29, 1.82) is 0 Å². The maximum atomic E-state index is 11.0. The van der Waals surface area contributed by atoms with Crippen LogP contribution in [-0.4, -0.2) is 50.0 Å². The maximum Gasteiger partial charge on any atom is 0.328 e. The van der Waals surface area contributed by atoms with Crippen molar-refractivity contribution in [2.45, 2.75) is 30.8 Å². The van der Waals surface area contributed by atoms with Crippen LogP contribution >= 0.6 is 11.9 Å². The number of methoxy groups -OCH3 is 1. The molecular formula is C22H29N3O4S. The van der Waals surface area contributed by atoms with Crippen molar-refractivity contribution in [3.63, 3.8) is 0 Å². The van der Waals surface area contributed by atoms with Gasteiger partial charge in [0.25, 0.3) is 0 Å². The van der Waals surface area contributed by atoms with Gasteiger partial charge in [-0.1, -0.05) is 6.07 Å². The van der Waals surface area contributed by atoms with Gasteiger partial charge in [0.15, 0.2) is 0 Å². The van der Waals surface area contributed by atoms with Crippen molar-refractivity contribution in [2.24, 2.45) is 0 Å². The summed E-state index contributed by atoms with van der Waals surface area (Å²) in [7, 11) is 5.09. The lowest BCUT2D eigenvalue weighted by molar-refractivity contribution is -0.131. The molecule has 1 aliphatic carbocycles. The van der Waals surface area contributed by atoms with E-state index >= 15 is 0 Å². The van der Waals surface area contributed by atoms with Gasteiger partial charge in [-0.25, -0.2) is 9.78 Å². The lowest BCUT2D eigenvalue weighted by Crippen LogP contribution is -2.19. The Bertz CT molecular complexity index is 842. The zero-order valence-corrected chi connectivity index (χ0v) is 18.6. The third-order valence-corrected chi connectivity index (χ3v) is 5.15. The number of hydrogen-bond donors (Lipinski definition) is 2.